The normalized spacial score (nSPS) is 13.4. The van der Waals surface area contributed by atoms with Gasteiger partial charge in [-0.15, -0.1) is 5.10 Å². The first-order valence-electron chi connectivity index (χ1n) is 6.29. The fraction of sp³-hybridized carbons (Fsp3) is 0.833. The highest BCUT2D eigenvalue weighted by Crippen LogP contribution is 2.20. The molecule has 0 saturated carbocycles. The lowest BCUT2D eigenvalue weighted by molar-refractivity contribution is 0.218. The molecule has 0 radical (unpaired) electrons. The second kappa shape index (κ2) is 6.91. The van der Waals surface area contributed by atoms with Crippen molar-refractivity contribution in [2.75, 3.05) is 18.9 Å². The first-order chi connectivity index (χ1) is 8.04. The Hall–Kier alpha value is -0.680. The van der Waals surface area contributed by atoms with Crippen LogP contribution in [0.3, 0.4) is 0 Å². The van der Waals surface area contributed by atoms with Gasteiger partial charge in [0.2, 0.25) is 0 Å². The molecule has 1 aromatic rings. The highest BCUT2D eigenvalue weighted by Gasteiger charge is 2.15. The molecule has 0 aliphatic rings. The zero-order chi connectivity index (χ0) is 12.8. The van der Waals surface area contributed by atoms with E-state index in [1.54, 1.807) is 0 Å². The van der Waals surface area contributed by atoms with E-state index in [9.17, 15) is 0 Å². The Morgan fingerprint density at radius 1 is 1.35 bits per heavy atom. The van der Waals surface area contributed by atoms with E-state index in [4.69, 9.17) is 0 Å². The summed E-state index contributed by atoms with van der Waals surface area (Å²) < 4.78 is 4.02. The Morgan fingerprint density at radius 2 is 2.06 bits per heavy atom. The molecule has 1 N–H and O–H groups in total. The molecule has 1 rings (SSSR count). The summed E-state index contributed by atoms with van der Waals surface area (Å²) in [6.07, 6.45) is 1.21. The lowest BCUT2D eigenvalue weighted by Crippen LogP contribution is -2.30. The van der Waals surface area contributed by atoms with Crippen LogP contribution in [0.25, 0.3) is 0 Å². The minimum absolute atomic E-state index is 0.575. The molecule has 1 aromatic heterocycles. The Balaban J connectivity index is 2.54. The third kappa shape index (κ3) is 4.60. The predicted octanol–water partition coefficient (Wildman–Crippen LogP) is 2.84. The van der Waals surface area contributed by atoms with Gasteiger partial charge in [-0.05, 0) is 33.2 Å². The van der Waals surface area contributed by atoms with Gasteiger partial charge in [-0.25, -0.2) is 0 Å². The third-order valence-corrected chi connectivity index (χ3v) is 3.58. The minimum Gasteiger partial charge on any atom is -0.374 e. The summed E-state index contributed by atoms with van der Waals surface area (Å²) >= 11 is 1.44. The van der Waals surface area contributed by atoms with Gasteiger partial charge in [0.15, 0.2) is 0 Å². The van der Waals surface area contributed by atoms with Crippen molar-refractivity contribution in [1.29, 1.82) is 0 Å². The highest BCUT2D eigenvalue weighted by atomic mass is 32.1. The van der Waals surface area contributed by atoms with Crippen LogP contribution < -0.4 is 5.32 Å². The Bertz CT molecular complexity index is 324. The van der Waals surface area contributed by atoms with Crippen LogP contribution in [0.2, 0.25) is 0 Å². The maximum absolute atomic E-state index is 4.20. The van der Waals surface area contributed by atoms with Crippen molar-refractivity contribution in [1.82, 2.24) is 14.5 Å². The van der Waals surface area contributed by atoms with Gasteiger partial charge in [0.25, 0.3) is 0 Å². The van der Waals surface area contributed by atoms with E-state index in [1.807, 2.05) is 0 Å². The van der Waals surface area contributed by atoms with Crippen LogP contribution >= 0.6 is 11.5 Å². The van der Waals surface area contributed by atoms with Crippen molar-refractivity contribution in [2.45, 2.75) is 46.7 Å². The highest BCUT2D eigenvalue weighted by molar-refractivity contribution is 7.10. The summed E-state index contributed by atoms with van der Waals surface area (Å²) in [4.78, 5) is 2.34. The number of nitrogens with zero attached hydrogens (tertiary/aromatic N) is 3. The van der Waals surface area contributed by atoms with E-state index >= 15 is 0 Å². The van der Waals surface area contributed by atoms with Gasteiger partial charge in [-0.1, -0.05) is 18.3 Å². The van der Waals surface area contributed by atoms with Gasteiger partial charge < -0.3 is 5.32 Å². The summed E-state index contributed by atoms with van der Waals surface area (Å²) in [6, 6.07) is 0.575. The maximum atomic E-state index is 4.20. The van der Waals surface area contributed by atoms with E-state index < -0.39 is 0 Å². The first kappa shape index (κ1) is 14.4. The summed E-state index contributed by atoms with van der Waals surface area (Å²) in [7, 11) is 2.15. The molecule has 17 heavy (non-hydrogen) atoms. The predicted molar refractivity (Wildman–Crippen MR) is 74.5 cm³/mol. The zero-order valence-corrected chi connectivity index (χ0v) is 12.3. The largest absolute Gasteiger partial charge is 0.374 e. The monoisotopic (exact) mass is 256 g/mol. The summed E-state index contributed by atoms with van der Waals surface area (Å²) in [5.41, 5.74) is 1.06. The van der Waals surface area contributed by atoms with E-state index in [1.165, 1.54) is 18.0 Å². The van der Waals surface area contributed by atoms with E-state index in [-0.39, 0.29) is 0 Å². The van der Waals surface area contributed by atoms with Crippen LogP contribution in [0.4, 0.5) is 5.00 Å². The second-order valence-electron chi connectivity index (χ2n) is 4.97. The number of rotatable bonds is 7. The molecule has 0 saturated heterocycles. The second-order valence-corrected chi connectivity index (χ2v) is 5.73. The van der Waals surface area contributed by atoms with Crippen LogP contribution in [-0.2, 0) is 6.54 Å². The molecule has 5 heteroatoms. The van der Waals surface area contributed by atoms with Gasteiger partial charge in [0, 0.05) is 30.7 Å². The van der Waals surface area contributed by atoms with Crippen LogP contribution in [-0.4, -0.2) is 34.1 Å². The SMILES string of the molecule is CCNc1snnc1CN(C)C(C)CC(C)C. The molecule has 98 valence electrons. The summed E-state index contributed by atoms with van der Waals surface area (Å²) in [5, 5.41) is 8.62. The molecule has 4 nitrogen and oxygen atoms in total. The van der Waals surface area contributed by atoms with Gasteiger partial charge >= 0.3 is 0 Å². The van der Waals surface area contributed by atoms with Crippen molar-refractivity contribution in [3.8, 4) is 0 Å². The molecule has 0 fully saturated rings. The average Bonchev–Trinajstić information content (AvgIpc) is 2.65. The molecule has 0 amide bonds. The molecule has 1 unspecified atom stereocenters. The maximum Gasteiger partial charge on any atom is 0.134 e. The fourth-order valence-corrected chi connectivity index (χ4v) is 2.50. The van der Waals surface area contributed by atoms with Crippen molar-refractivity contribution < 1.29 is 0 Å². The summed E-state index contributed by atoms with van der Waals surface area (Å²) in [5.74, 6) is 0.731. The van der Waals surface area contributed by atoms with Crippen LogP contribution in [0.5, 0.6) is 0 Å². The smallest absolute Gasteiger partial charge is 0.134 e. The van der Waals surface area contributed by atoms with E-state index in [2.05, 4.69) is 54.5 Å². The zero-order valence-electron chi connectivity index (χ0n) is 11.5. The van der Waals surface area contributed by atoms with Crippen molar-refractivity contribution in [2.24, 2.45) is 5.92 Å². The topological polar surface area (TPSA) is 41.1 Å². The molecule has 0 spiro atoms. The van der Waals surface area contributed by atoms with Gasteiger partial charge in [0.05, 0.1) is 0 Å². The minimum atomic E-state index is 0.575. The number of hydrogen-bond acceptors (Lipinski definition) is 5. The van der Waals surface area contributed by atoms with Crippen LogP contribution in [0.1, 0.15) is 39.8 Å². The average molecular weight is 256 g/mol. The van der Waals surface area contributed by atoms with E-state index in [0.717, 1.165) is 29.7 Å². The Labute approximate surface area is 109 Å². The molecule has 1 atom stereocenters. The first-order valence-corrected chi connectivity index (χ1v) is 7.07. The van der Waals surface area contributed by atoms with Crippen LogP contribution in [0, 0.1) is 5.92 Å². The fourth-order valence-electron chi connectivity index (χ4n) is 1.86. The standard InChI is InChI=1S/C12H24N4S/c1-6-13-12-11(14-15-17-12)8-16(5)10(4)7-9(2)3/h9-10,13H,6-8H2,1-5H3. The van der Waals surface area contributed by atoms with Crippen molar-refractivity contribution >= 4 is 16.5 Å². The Kier molecular flexibility index (Phi) is 5.85. The Morgan fingerprint density at radius 3 is 2.65 bits per heavy atom. The van der Waals surface area contributed by atoms with E-state index in [0.29, 0.717) is 6.04 Å². The number of anilines is 1. The molecule has 0 aliphatic heterocycles. The van der Waals surface area contributed by atoms with Gasteiger partial charge in [-0.2, -0.15) is 0 Å². The molecule has 0 aliphatic carbocycles. The number of aromatic nitrogens is 2. The van der Waals surface area contributed by atoms with Gasteiger partial charge in [0.1, 0.15) is 10.7 Å². The molecular formula is C12H24N4S. The van der Waals surface area contributed by atoms with Crippen molar-refractivity contribution in [3.05, 3.63) is 5.69 Å². The molecular weight excluding hydrogens is 232 g/mol. The lowest BCUT2D eigenvalue weighted by Gasteiger charge is -2.25. The quantitative estimate of drug-likeness (QED) is 0.814. The molecule has 1 heterocycles. The molecule has 0 aromatic carbocycles. The van der Waals surface area contributed by atoms with Crippen LogP contribution in [0.15, 0.2) is 0 Å². The van der Waals surface area contributed by atoms with Gasteiger partial charge in [-0.3, -0.25) is 4.90 Å². The molecule has 0 bridgehead atoms. The third-order valence-electron chi connectivity index (χ3n) is 2.86. The number of nitrogens with one attached hydrogen (secondary N) is 1. The summed E-state index contributed by atoms with van der Waals surface area (Å²) in [6.45, 7) is 10.7. The van der Waals surface area contributed by atoms with Crippen molar-refractivity contribution in [3.63, 3.8) is 0 Å². The lowest BCUT2D eigenvalue weighted by atomic mass is 10.0. The number of hydrogen-bond donors (Lipinski definition) is 1.